The van der Waals surface area contributed by atoms with Gasteiger partial charge in [0.1, 0.15) is 5.75 Å². The molecule has 0 aliphatic carbocycles. The molecule has 0 heterocycles. The molecule has 0 unspecified atom stereocenters. The van der Waals surface area contributed by atoms with Gasteiger partial charge in [0.25, 0.3) is 5.91 Å². The van der Waals surface area contributed by atoms with Gasteiger partial charge in [0, 0.05) is 16.4 Å². The number of hydrogen-bond acceptors (Lipinski definition) is 5. The quantitative estimate of drug-likeness (QED) is 0.270. The van der Waals surface area contributed by atoms with E-state index in [9.17, 15) is 14.4 Å². The minimum atomic E-state index is -0.905. The number of ether oxygens (including phenoxy) is 1. The zero-order valence-corrected chi connectivity index (χ0v) is 19.3. The van der Waals surface area contributed by atoms with Crippen molar-refractivity contribution in [2.45, 2.75) is 13.8 Å². The van der Waals surface area contributed by atoms with Crippen molar-refractivity contribution in [3.63, 3.8) is 0 Å². The lowest BCUT2D eigenvalue weighted by atomic mass is 10.2. The van der Waals surface area contributed by atoms with E-state index in [0.29, 0.717) is 27.7 Å². The first kappa shape index (κ1) is 24.5. The van der Waals surface area contributed by atoms with Crippen LogP contribution in [-0.4, -0.2) is 30.5 Å². The summed E-state index contributed by atoms with van der Waals surface area (Å²) in [6.45, 7) is 3.59. The van der Waals surface area contributed by atoms with E-state index in [1.165, 1.54) is 6.21 Å². The van der Waals surface area contributed by atoms with Gasteiger partial charge in [-0.1, -0.05) is 47.5 Å². The van der Waals surface area contributed by atoms with E-state index >= 15 is 0 Å². The first-order valence-corrected chi connectivity index (χ1v) is 10.7. The highest BCUT2D eigenvalue weighted by Crippen LogP contribution is 2.20. The summed E-state index contributed by atoms with van der Waals surface area (Å²) >= 11 is 6.06. The monoisotopic (exact) mass is 478 g/mol. The molecule has 3 rings (SSSR count). The van der Waals surface area contributed by atoms with Crippen LogP contribution in [0.3, 0.4) is 0 Å². The fourth-order valence-electron chi connectivity index (χ4n) is 2.74. The Morgan fingerprint density at radius 2 is 1.65 bits per heavy atom. The van der Waals surface area contributed by atoms with Crippen LogP contribution in [-0.2, 0) is 14.4 Å². The Bertz CT molecular complexity index is 1230. The third-order valence-electron chi connectivity index (χ3n) is 4.58. The lowest BCUT2D eigenvalue weighted by Gasteiger charge is -2.09. The largest absolute Gasteiger partial charge is 0.484 e. The van der Waals surface area contributed by atoms with Crippen molar-refractivity contribution in [2.24, 2.45) is 5.10 Å². The number of benzene rings is 3. The molecule has 0 saturated heterocycles. The molecule has 3 amide bonds. The van der Waals surface area contributed by atoms with Crippen LogP contribution >= 0.6 is 11.6 Å². The predicted molar refractivity (Wildman–Crippen MR) is 132 cm³/mol. The average molecular weight is 479 g/mol. The van der Waals surface area contributed by atoms with Crippen LogP contribution in [0.5, 0.6) is 5.75 Å². The van der Waals surface area contributed by atoms with Crippen molar-refractivity contribution >= 4 is 46.9 Å². The Morgan fingerprint density at radius 1 is 0.912 bits per heavy atom. The van der Waals surface area contributed by atoms with Gasteiger partial charge >= 0.3 is 11.8 Å². The molecule has 3 aromatic carbocycles. The molecule has 174 valence electrons. The van der Waals surface area contributed by atoms with E-state index in [1.807, 2.05) is 32.0 Å². The number of anilines is 2. The fourth-order valence-corrected chi connectivity index (χ4v) is 2.92. The lowest BCUT2D eigenvalue weighted by molar-refractivity contribution is -0.136. The fraction of sp³-hybridized carbons (Fsp3) is 0.120. The summed E-state index contributed by atoms with van der Waals surface area (Å²) in [6, 6.07) is 19.0. The van der Waals surface area contributed by atoms with Crippen molar-refractivity contribution in [2.75, 3.05) is 17.2 Å². The predicted octanol–water partition coefficient (Wildman–Crippen LogP) is 4.06. The minimum absolute atomic E-state index is 0.206. The molecule has 3 aromatic rings. The Kier molecular flexibility index (Phi) is 8.37. The molecule has 0 aliphatic rings. The summed E-state index contributed by atoms with van der Waals surface area (Å²) in [5.41, 5.74) is 5.81. The molecule has 0 radical (unpaired) electrons. The van der Waals surface area contributed by atoms with Crippen LogP contribution in [0.15, 0.2) is 71.8 Å². The SMILES string of the molecule is Cc1ccc(NC(=O)C(=O)N/N=C\c2cccc(OCC(=O)Nc3ccc(C)c(Cl)c3)c2)cc1. The number of amides is 3. The zero-order valence-electron chi connectivity index (χ0n) is 18.6. The minimum Gasteiger partial charge on any atom is -0.484 e. The van der Waals surface area contributed by atoms with E-state index in [-0.39, 0.29) is 12.5 Å². The highest BCUT2D eigenvalue weighted by atomic mass is 35.5. The second kappa shape index (κ2) is 11.6. The number of nitrogens with zero attached hydrogens (tertiary/aromatic N) is 1. The maximum atomic E-state index is 12.1. The van der Waals surface area contributed by atoms with Crippen LogP contribution in [0.4, 0.5) is 11.4 Å². The number of hydrazone groups is 1. The van der Waals surface area contributed by atoms with Gasteiger partial charge in [0.15, 0.2) is 6.61 Å². The molecule has 0 bridgehead atoms. The first-order valence-electron chi connectivity index (χ1n) is 10.3. The van der Waals surface area contributed by atoms with Crippen LogP contribution in [0.2, 0.25) is 5.02 Å². The molecule has 3 N–H and O–H groups in total. The molecule has 0 spiro atoms. The maximum Gasteiger partial charge on any atom is 0.329 e. The van der Waals surface area contributed by atoms with Gasteiger partial charge in [-0.05, 0) is 61.4 Å². The molecule has 0 atom stereocenters. The smallest absolute Gasteiger partial charge is 0.329 e. The molecule has 0 fully saturated rings. The van der Waals surface area contributed by atoms with Crippen molar-refractivity contribution in [3.8, 4) is 5.75 Å². The molecule has 34 heavy (non-hydrogen) atoms. The van der Waals surface area contributed by atoms with E-state index in [0.717, 1.165) is 11.1 Å². The van der Waals surface area contributed by atoms with Crippen LogP contribution in [0.25, 0.3) is 0 Å². The summed E-state index contributed by atoms with van der Waals surface area (Å²) in [6.07, 6.45) is 1.36. The lowest BCUT2D eigenvalue weighted by Crippen LogP contribution is -2.32. The van der Waals surface area contributed by atoms with Gasteiger partial charge in [-0.3, -0.25) is 14.4 Å². The van der Waals surface area contributed by atoms with Gasteiger partial charge in [0.2, 0.25) is 0 Å². The Morgan fingerprint density at radius 3 is 2.38 bits per heavy atom. The number of aryl methyl sites for hydroxylation is 2. The highest BCUT2D eigenvalue weighted by Gasteiger charge is 2.12. The van der Waals surface area contributed by atoms with Crippen LogP contribution < -0.4 is 20.8 Å². The Hall–Kier alpha value is -4.17. The summed E-state index contributed by atoms with van der Waals surface area (Å²) in [5, 5.41) is 9.55. The summed E-state index contributed by atoms with van der Waals surface area (Å²) in [7, 11) is 0. The molecular weight excluding hydrogens is 456 g/mol. The van der Waals surface area contributed by atoms with Crippen LogP contribution in [0.1, 0.15) is 16.7 Å². The van der Waals surface area contributed by atoms with Crippen molar-refractivity contribution in [1.82, 2.24) is 5.43 Å². The van der Waals surface area contributed by atoms with Crippen molar-refractivity contribution < 1.29 is 19.1 Å². The van der Waals surface area contributed by atoms with E-state index in [1.54, 1.807) is 48.5 Å². The summed E-state index contributed by atoms with van der Waals surface area (Å²) < 4.78 is 5.52. The standard InChI is InChI=1S/C25H23ClN4O4/c1-16-6-9-19(10-7-16)29-24(32)25(33)30-27-14-18-4-3-5-21(12-18)34-15-23(31)28-20-11-8-17(2)22(26)13-20/h3-14H,15H2,1-2H3,(H,28,31)(H,29,32)(H,30,33)/b27-14-. The average Bonchev–Trinajstić information content (AvgIpc) is 2.82. The molecule has 0 aromatic heterocycles. The number of nitrogens with one attached hydrogen (secondary N) is 3. The maximum absolute atomic E-state index is 12.1. The number of hydrogen-bond donors (Lipinski definition) is 3. The highest BCUT2D eigenvalue weighted by molar-refractivity contribution is 6.39. The van der Waals surface area contributed by atoms with Gasteiger partial charge < -0.3 is 15.4 Å². The van der Waals surface area contributed by atoms with E-state index in [2.05, 4.69) is 21.2 Å². The molecule has 0 aliphatic heterocycles. The number of halogens is 1. The van der Waals surface area contributed by atoms with Gasteiger partial charge in [-0.15, -0.1) is 0 Å². The second-order valence-electron chi connectivity index (χ2n) is 7.39. The summed E-state index contributed by atoms with van der Waals surface area (Å²) in [4.78, 5) is 36.0. The van der Waals surface area contributed by atoms with Crippen molar-refractivity contribution in [3.05, 3.63) is 88.4 Å². The number of carbonyl (C=O) groups is 3. The molecule has 8 nitrogen and oxygen atoms in total. The molecule has 9 heteroatoms. The van der Waals surface area contributed by atoms with Crippen molar-refractivity contribution in [1.29, 1.82) is 0 Å². The normalized spacial score (nSPS) is 10.6. The third kappa shape index (κ3) is 7.46. The van der Waals surface area contributed by atoms with Gasteiger partial charge in [-0.2, -0.15) is 5.10 Å². The van der Waals surface area contributed by atoms with Gasteiger partial charge in [0.05, 0.1) is 6.21 Å². The second-order valence-corrected chi connectivity index (χ2v) is 7.80. The molecular formula is C25H23ClN4O4. The Balaban J connectivity index is 1.48. The van der Waals surface area contributed by atoms with Crippen LogP contribution in [0, 0.1) is 13.8 Å². The number of rotatable bonds is 7. The van der Waals surface area contributed by atoms with Gasteiger partial charge in [-0.25, -0.2) is 5.43 Å². The molecule has 0 saturated carbocycles. The summed E-state index contributed by atoms with van der Waals surface area (Å²) in [5.74, 6) is -1.65. The number of carbonyl (C=O) groups excluding carboxylic acids is 3. The zero-order chi connectivity index (χ0) is 24.5. The Labute approximate surface area is 202 Å². The topological polar surface area (TPSA) is 109 Å². The van der Waals surface area contributed by atoms with E-state index < -0.39 is 11.8 Å². The first-order chi connectivity index (χ1) is 16.3. The third-order valence-corrected chi connectivity index (χ3v) is 4.99. The van der Waals surface area contributed by atoms with E-state index in [4.69, 9.17) is 16.3 Å².